The summed E-state index contributed by atoms with van der Waals surface area (Å²) < 4.78 is 5.21. The molecule has 62 valence electrons. The van der Waals surface area contributed by atoms with Crippen LogP contribution in [0.2, 0.25) is 0 Å². The standard InChI is InChI=1S/C10H16O/c1-4-9-5-8(2)6-10(7-9)11-3/h5-6,9H,4,7H2,1-3H3. The lowest BCUT2D eigenvalue weighted by atomic mass is 9.93. The number of methoxy groups -OCH3 is 1. The van der Waals surface area contributed by atoms with Crippen molar-refractivity contribution >= 4 is 0 Å². The Labute approximate surface area is 68.8 Å². The van der Waals surface area contributed by atoms with Gasteiger partial charge in [-0.25, -0.2) is 0 Å². The van der Waals surface area contributed by atoms with E-state index in [1.165, 1.54) is 12.0 Å². The minimum absolute atomic E-state index is 0.690. The van der Waals surface area contributed by atoms with Gasteiger partial charge >= 0.3 is 0 Å². The maximum absolute atomic E-state index is 5.21. The average Bonchev–Trinajstić information content (AvgIpc) is 2.03. The van der Waals surface area contributed by atoms with Gasteiger partial charge in [0.15, 0.2) is 0 Å². The molecule has 0 aromatic heterocycles. The van der Waals surface area contributed by atoms with Crippen LogP contribution in [0.25, 0.3) is 0 Å². The molecule has 1 atom stereocenters. The molecule has 0 fully saturated rings. The molecule has 0 heterocycles. The van der Waals surface area contributed by atoms with Crippen molar-refractivity contribution < 1.29 is 4.74 Å². The van der Waals surface area contributed by atoms with Crippen LogP contribution in [-0.4, -0.2) is 7.11 Å². The summed E-state index contributed by atoms with van der Waals surface area (Å²) in [5.41, 5.74) is 1.33. The van der Waals surface area contributed by atoms with Crippen LogP contribution < -0.4 is 0 Å². The molecular formula is C10H16O. The Morgan fingerprint density at radius 2 is 2.36 bits per heavy atom. The number of rotatable bonds is 2. The van der Waals surface area contributed by atoms with Crippen LogP contribution in [0, 0.1) is 5.92 Å². The number of hydrogen-bond donors (Lipinski definition) is 0. The van der Waals surface area contributed by atoms with Crippen molar-refractivity contribution in [1.29, 1.82) is 0 Å². The number of hydrogen-bond acceptors (Lipinski definition) is 1. The van der Waals surface area contributed by atoms with Gasteiger partial charge in [-0.05, 0) is 25.3 Å². The highest BCUT2D eigenvalue weighted by Gasteiger charge is 2.11. The van der Waals surface area contributed by atoms with E-state index in [4.69, 9.17) is 4.74 Å². The molecule has 1 unspecified atom stereocenters. The molecule has 11 heavy (non-hydrogen) atoms. The molecule has 0 saturated carbocycles. The Morgan fingerprint density at radius 3 is 2.91 bits per heavy atom. The molecule has 1 heteroatoms. The topological polar surface area (TPSA) is 9.23 Å². The third-order valence-corrected chi connectivity index (χ3v) is 2.14. The molecule has 0 saturated heterocycles. The monoisotopic (exact) mass is 152 g/mol. The van der Waals surface area contributed by atoms with Gasteiger partial charge in [-0.3, -0.25) is 0 Å². The van der Waals surface area contributed by atoms with Gasteiger partial charge in [0.05, 0.1) is 12.9 Å². The third kappa shape index (κ3) is 2.11. The SMILES string of the molecule is CCC1C=C(C)C=C(OC)C1. The molecule has 0 radical (unpaired) electrons. The van der Waals surface area contributed by atoms with E-state index in [0.717, 1.165) is 12.2 Å². The molecule has 0 bridgehead atoms. The highest BCUT2D eigenvalue weighted by atomic mass is 16.5. The molecule has 0 aliphatic heterocycles. The summed E-state index contributed by atoms with van der Waals surface area (Å²) in [5.74, 6) is 1.81. The van der Waals surface area contributed by atoms with Gasteiger partial charge in [-0.2, -0.15) is 0 Å². The first-order valence-electron chi connectivity index (χ1n) is 4.19. The first-order chi connectivity index (χ1) is 5.26. The zero-order valence-electron chi connectivity index (χ0n) is 7.55. The second kappa shape index (κ2) is 3.61. The largest absolute Gasteiger partial charge is 0.501 e. The summed E-state index contributed by atoms with van der Waals surface area (Å²) in [5, 5.41) is 0. The van der Waals surface area contributed by atoms with Crippen LogP contribution in [0.3, 0.4) is 0 Å². The normalized spacial score (nSPS) is 24.1. The molecule has 0 spiro atoms. The Bertz CT molecular complexity index is 189. The fraction of sp³-hybridized carbons (Fsp3) is 0.600. The van der Waals surface area contributed by atoms with Crippen molar-refractivity contribution in [3.63, 3.8) is 0 Å². The Hall–Kier alpha value is -0.720. The highest BCUT2D eigenvalue weighted by molar-refractivity contribution is 5.24. The van der Waals surface area contributed by atoms with Crippen molar-refractivity contribution in [1.82, 2.24) is 0 Å². The van der Waals surface area contributed by atoms with E-state index in [-0.39, 0.29) is 0 Å². The Morgan fingerprint density at radius 1 is 1.64 bits per heavy atom. The van der Waals surface area contributed by atoms with Crippen molar-refractivity contribution in [3.8, 4) is 0 Å². The fourth-order valence-electron chi connectivity index (χ4n) is 1.45. The fourth-order valence-corrected chi connectivity index (χ4v) is 1.45. The van der Waals surface area contributed by atoms with Gasteiger partial charge in [0, 0.05) is 6.42 Å². The molecule has 1 rings (SSSR count). The molecule has 1 nitrogen and oxygen atoms in total. The molecule has 0 amide bonds. The second-order valence-electron chi connectivity index (χ2n) is 3.10. The minimum atomic E-state index is 0.690. The Kier molecular flexibility index (Phi) is 2.75. The average molecular weight is 152 g/mol. The summed E-state index contributed by atoms with van der Waals surface area (Å²) in [6, 6.07) is 0. The van der Waals surface area contributed by atoms with Crippen LogP contribution in [0.1, 0.15) is 26.7 Å². The van der Waals surface area contributed by atoms with Gasteiger partial charge in [-0.1, -0.05) is 18.6 Å². The quantitative estimate of drug-likeness (QED) is 0.591. The predicted octanol–water partition coefficient (Wildman–Crippen LogP) is 2.89. The molecule has 0 aromatic rings. The highest BCUT2D eigenvalue weighted by Crippen LogP contribution is 2.24. The van der Waals surface area contributed by atoms with Crippen LogP contribution in [0.4, 0.5) is 0 Å². The van der Waals surface area contributed by atoms with Crippen molar-refractivity contribution in [3.05, 3.63) is 23.5 Å². The molecule has 1 aliphatic rings. The summed E-state index contributed by atoms with van der Waals surface area (Å²) >= 11 is 0. The lowest BCUT2D eigenvalue weighted by Crippen LogP contribution is -2.04. The van der Waals surface area contributed by atoms with Gasteiger partial charge in [0.2, 0.25) is 0 Å². The predicted molar refractivity (Wildman–Crippen MR) is 47.2 cm³/mol. The lowest BCUT2D eigenvalue weighted by Gasteiger charge is -2.17. The lowest BCUT2D eigenvalue weighted by molar-refractivity contribution is 0.263. The van der Waals surface area contributed by atoms with Crippen LogP contribution in [0.5, 0.6) is 0 Å². The van der Waals surface area contributed by atoms with Crippen LogP contribution in [-0.2, 0) is 4.74 Å². The van der Waals surface area contributed by atoms with E-state index in [1.807, 2.05) is 0 Å². The van der Waals surface area contributed by atoms with Crippen LogP contribution in [0.15, 0.2) is 23.5 Å². The van der Waals surface area contributed by atoms with E-state index >= 15 is 0 Å². The molecule has 0 N–H and O–H groups in total. The summed E-state index contributed by atoms with van der Waals surface area (Å²) in [6.45, 7) is 4.34. The maximum Gasteiger partial charge on any atom is 0.0963 e. The summed E-state index contributed by atoms with van der Waals surface area (Å²) in [6.07, 6.45) is 6.72. The Balaban J connectivity index is 2.67. The molecule has 0 aromatic carbocycles. The van der Waals surface area contributed by atoms with Crippen LogP contribution >= 0.6 is 0 Å². The van der Waals surface area contributed by atoms with E-state index in [2.05, 4.69) is 26.0 Å². The van der Waals surface area contributed by atoms with E-state index in [9.17, 15) is 0 Å². The van der Waals surface area contributed by atoms with Crippen molar-refractivity contribution in [2.75, 3.05) is 7.11 Å². The maximum atomic E-state index is 5.21. The number of allylic oxidation sites excluding steroid dienone is 4. The number of ether oxygens (including phenoxy) is 1. The summed E-state index contributed by atoms with van der Waals surface area (Å²) in [4.78, 5) is 0. The van der Waals surface area contributed by atoms with E-state index < -0.39 is 0 Å². The minimum Gasteiger partial charge on any atom is -0.501 e. The molecular weight excluding hydrogens is 136 g/mol. The zero-order valence-corrected chi connectivity index (χ0v) is 7.55. The second-order valence-corrected chi connectivity index (χ2v) is 3.10. The first-order valence-corrected chi connectivity index (χ1v) is 4.19. The van der Waals surface area contributed by atoms with Gasteiger partial charge in [0.25, 0.3) is 0 Å². The van der Waals surface area contributed by atoms with Gasteiger partial charge < -0.3 is 4.74 Å². The van der Waals surface area contributed by atoms with E-state index in [1.54, 1.807) is 7.11 Å². The van der Waals surface area contributed by atoms with E-state index in [0.29, 0.717) is 5.92 Å². The van der Waals surface area contributed by atoms with Gasteiger partial charge in [-0.15, -0.1) is 0 Å². The third-order valence-electron chi connectivity index (χ3n) is 2.14. The smallest absolute Gasteiger partial charge is 0.0963 e. The van der Waals surface area contributed by atoms with Gasteiger partial charge in [0.1, 0.15) is 0 Å². The zero-order chi connectivity index (χ0) is 8.27. The molecule has 1 aliphatic carbocycles. The van der Waals surface area contributed by atoms with Crippen molar-refractivity contribution in [2.24, 2.45) is 5.92 Å². The van der Waals surface area contributed by atoms with Crippen molar-refractivity contribution in [2.45, 2.75) is 26.7 Å². The summed E-state index contributed by atoms with van der Waals surface area (Å²) in [7, 11) is 1.75. The first kappa shape index (κ1) is 8.38.